The van der Waals surface area contributed by atoms with Gasteiger partial charge in [-0.1, -0.05) is 41.9 Å². The first-order valence-electron chi connectivity index (χ1n) is 10.9. The number of alkyl halides is 3. The lowest BCUT2D eigenvalue weighted by molar-refractivity contribution is -0.137. The molecule has 0 saturated carbocycles. The summed E-state index contributed by atoms with van der Waals surface area (Å²) in [6.07, 6.45) is -4.06. The molecule has 0 saturated heterocycles. The molecule has 13 heteroatoms. The van der Waals surface area contributed by atoms with Crippen molar-refractivity contribution in [1.29, 1.82) is 0 Å². The molecular weight excluding hydrogens is 545 g/mol. The van der Waals surface area contributed by atoms with Gasteiger partial charge in [-0.05, 0) is 55.0 Å². The van der Waals surface area contributed by atoms with Gasteiger partial charge in [-0.3, -0.25) is 13.9 Å². The van der Waals surface area contributed by atoms with Gasteiger partial charge in [0.15, 0.2) is 0 Å². The Balaban J connectivity index is 1.69. The molecule has 2 N–H and O–H groups in total. The monoisotopic (exact) mass is 566 g/mol. The maximum absolute atomic E-state index is 13.2. The number of hydrogen-bond donors (Lipinski definition) is 2. The maximum atomic E-state index is 13.2. The van der Waals surface area contributed by atoms with Crippen molar-refractivity contribution in [3.63, 3.8) is 0 Å². The van der Waals surface area contributed by atoms with Gasteiger partial charge in [-0.15, -0.1) is 0 Å². The molecular formula is C25H22ClF3N4O4S. The van der Waals surface area contributed by atoms with Gasteiger partial charge >= 0.3 is 6.18 Å². The summed E-state index contributed by atoms with van der Waals surface area (Å²) in [5, 5.41) is 6.09. The largest absolute Gasteiger partial charge is 0.417 e. The van der Waals surface area contributed by atoms with E-state index in [2.05, 4.69) is 15.8 Å². The van der Waals surface area contributed by atoms with Gasteiger partial charge < -0.3 is 5.32 Å². The summed E-state index contributed by atoms with van der Waals surface area (Å²) >= 11 is 5.61. The fourth-order valence-electron chi connectivity index (χ4n) is 3.25. The molecule has 3 rings (SSSR count). The van der Waals surface area contributed by atoms with E-state index in [0.717, 1.165) is 18.4 Å². The number of rotatable bonds is 8. The Labute approximate surface area is 222 Å². The van der Waals surface area contributed by atoms with Crippen LogP contribution in [0.4, 0.5) is 24.5 Å². The van der Waals surface area contributed by atoms with Gasteiger partial charge in [0.05, 0.1) is 28.2 Å². The molecule has 0 bridgehead atoms. The molecule has 3 aromatic rings. The highest BCUT2D eigenvalue weighted by atomic mass is 35.5. The van der Waals surface area contributed by atoms with Crippen molar-refractivity contribution in [2.24, 2.45) is 5.10 Å². The minimum absolute atomic E-state index is 0.283. The molecule has 0 unspecified atom stereocenters. The number of carbonyl (C=O) groups is 2. The Kier molecular flexibility index (Phi) is 8.79. The Morgan fingerprint density at radius 1 is 0.974 bits per heavy atom. The lowest BCUT2D eigenvalue weighted by Crippen LogP contribution is -2.39. The summed E-state index contributed by atoms with van der Waals surface area (Å²) in [4.78, 5) is 24.7. The Morgan fingerprint density at radius 3 is 2.18 bits per heavy atom. The molecule has 0 aromatic heterocycles. The first kappa shape index (κ1) is 28.7. The summed E-state index contributed by atoms with van der Waals surface area (Å²) in [5.74, 6) is -1.17. The van der Waals surface area contributed by atoms with Crippen LogP contribution in [0.3, 0.4) is 0 Å². The molecule has 0 atom stereocenters. The number of amides is 2. The highest BCUT2D eigenvalue weighted by Gasteiger charge is 2.34. The predicted octanol–water partition coefficient (Wildman–Crippen LogP) is 4.92. The third-order valence-electron chi connectivity index (χ3n) is 5.18. The first-order valence-corrected chi connectivity index (χ1v) is 13.1. The Hall–Kier alpha value is -3.90. The highest BCUT2D eigenvalue weighted by Crippen LogP contribution is 2.37. The SMILES string of the molecule is C/C(=N/NC(=O)CN(c1ccc(Cl)c(C(F)(F)F)c1)S(C)(=O)=O)c1ccc(NC(=O)c2ccccc2)cc1. The molecule has 38 heavy (non-hydrogen) atoms. The average Bonchev–Trinajstić information content (AvgIpc) is 2.86. The maximum Gasteiger partial charge on any atom is 0.417 e. The topological polar surface area (TPSA) is 108 Å². The number of anilines is 2. The second-order valence-electron chi connectivity index (χ2n) is 8.06. The van der Waals surface area contributed by atoms with Gasteiger partial charge in [0, 0.05) is 11.3 Å². The van der Waals surface area contributed by atoms with Crippen LogP contribution in [-0.2, 0) is 21.0 Å². The van der Waals surface area contributed by atoms with Gasteiger partial charge in [-0.2, -0.15) is 18.3 Å². The minimum atomic E-state index is -4.82. The quantitative estimate of drug-likeness (QED) is 0.298. The first-order chi connectivity index (χ1) is 17.8. The fraction of sp³-hybridized carbons (Fsp3) is 0.160. The van der Waals surface area contributed by atoms with Crippen molar-refractivity contribution < 1.29 is 31.2 Å². The van der Waals surface area contributed by atoms with E-state index in [-0.39, 0.29) is 11.6 Å². The third kappa shape index (κ3) is 7.56. The van der Waals surface area contributed by atoms with E-state index in [1.807, 2.05) is 0 Å². The molecule has 0 aliphatic heterocycles. The van der Waals surface area contributed by atoms with E-state index in [4.69, 9.17) is 11.6 Å². The number of nitrogens with one attached hydrogen (secondary N) is 2. The molecule has 0 spiro atoms. The molecule has 2 amide bonds. The van der Waals surface area contributed by atoms with Gasteiger partial charge in [0.2, 0.25) is 10.0 Å². The Morgan fingerprint density at radius 2 is 1.61 bits per heavy atom. The van der Waals surface area contributed by atoms with Gasteiger partial charge in [0.25, 0.3) is 11.8 Å². The van der Waals surface area contributed by atoms with Gasteiger partial charge in [0.1, 0.15) is 6.54 Å². The van der Waals surface area contributed by atoms with E-state index >= 15 is 0 Å². The van der Waals surface area contributed by atoms with Crippen LogP contribution >= 0.6 is 11.6 Å². The molecule has 0 radical (unpaired) electrons. The van der Waals surface area contributed by atoms with E-state index < -0.39 is 39.2 Å². The minimum Gasteiger partial charge on any atom is -0.322 e. The Bertz CT molecular complexity index is 1460. The molecule has 8 nitrogen and oxygen atoms in total. The van der Waals surface area contributed by atoms with E-state index in [1.54, 1.807) is 61.5 Å². The van der Waals surface area contributed by atoms with Crippen molar-refractivity contribution in [3.8, 4) is 0 Å². The summed E-state index contributed by atoms with van der Waals surface area (Å²) in [5.41, 5.74) is 2.56. The number of hydrazone groups is 1. The second-order valence-corrected chi connectivity index (χ2v) is 10.4. The van der Waals surface area contributed by atoms with Crippen LogP contribution in [-0.4, -0.2) is 38.7 Å². The van der Waals surface area contributed by atoms with Crippen LogP contribution in [0.1, 0.15) is 28.4 Å². The second kappa shape index (κ2) is 11.7. The molecule has 0 aliphatic carbocycles. The number of sulfonamides is 1. The number of hydrogen-bond acceptors (Lipinski definition) is 5. The number of carbonyl (C=O) groups excluding carboxylic acids is 2. The lowest BCUT2D eigenvalue weighted by Gasteiger charge is -2.22. The van der Waals surface area contributed by atoms with Crippen molar-refractivity contribution >= 4 is 50.5 Å². The van der Waals surface area contributed by atoms with Crippen LogP contribution in [0, 0.1) is 0 Å². The molecule has 3 aromatic carbocycles. The van der Waals surface area contributed by atoms with Gasteiger partial charge in [-0.25, -0.2) is 13.8 Å². The van der Waals surface area contributed by atoms with E-state index in [1.165, 1.54) is 0 Å². The smallest absolute Gasteiger partial charge is 0.322 e. The fourth-order valence-corrected chi connectivity index (χ4v) is 4.32. The van der Waals surface area contributed by atoms with Crippen LogP contribution in [0.2, 0.25) is 5.02 Å². The molecule has 0 heterocycles. The van der Waals surface area contributed by atoms with Crippen LogP contribution < -0.4 is 15.0 Å². The summed E-state index contributed by atoms with van der Waals surface area (Å²) in [7, 11) is -4.13. The zero-order valence-corrected chi connectivity index (χ0v) is 21.7. The molecule has 0 aliphatic rings. The van der Waals surface area contributed by atoms with Crippen LogP contribution in [0.5, 0.6) is 0 Å². The zero-order chi connectivity index (χ0) is 28.1. The number of nitrogens with zero attached hydrogens (tertiary/aromatic N) is 2. The van der Waals surface area contributed by atoms with E-state index in [0.29, 0.717) is 32.9 Å². The zero-order valence-electron chi connectivity index (χ0n) is 20.1. The standard InChI is InChI=1S/C25H22ClF3N4O4S/c1-16(17-8-10-19(11-9-17)30-24(35)18-6-4-3-5-7-18)31-32-23(34)15-33(38(2,36)37)20-12-13-22(26)21(14-20)25(27,28)29/h3-14H,15H2,1-2H3,(H,30,35)(H,32,34)/b31-16-. The summed E-state index contributed by atoms with van der Waals surface area (Å²) in [6.45, 7) is 0.764. The van der Waals surface area contributed by atoms with Crippen LogP contribution in [0.15, 0.2) is 77.9 Å². The van der Waals surface area contributed by atoms with Crippen molar-refractivity contribution in [3.05, 3.63) is 94.5 Å². The van der Waals surface area contributed by atoms with Crippen molar-refractivity contribution in [2.75, 3.05) is 22.4 Å². The van der Waals surface area contributed by atoms with E-state index in [9.17, 15) is 31.2 Å². The highest BCUT2D eigenvalue weighted by molar-refractivity contribution is 7.92. The molecule has 200 valence electrons. The molecule has 0 fully saturated rings. The van der Waals surface area contributed by atoms with Crippen LogP contribution in [0.25, 0.3) is 0 Å². The van der Waals surface area contributed by atoms with Crippen molar-refractivity contribution in [2.45, 2.75) is 13.1 Å². The predicted molar refractivity (Wildman–Crippen MR) is 140 cm³/mol. The third-order valence-corrected chi connectivity index (χ3v) is 6.65. The summed E-state index contributed by atoms with van der Waals surface area (Å²) in [6, 6.07) is 17.8. The number of benzene rings is 3. The lowest BCUT2D eigenvalue weighted by atomic mass is 10.1. The normalized spacial score (nSPS) is 12.1. The number of halogens is 4. The summed E-state index contributed by atoms with van der Waals surface area (Å²) < 4.78 is 64.6. The average molecular weight is 567 g/mol. The van der Waals surface area contributed by atoms with Crippen molar-refractivity contribution in [1.82, 2.24) is 5.43 Å².